The zero-order chi connectivity index (χ0) is 19.6. The van der Waals surface area contributed by atoms with Crippen LogP contribution in [0.4, 0.5) is 0 Å². The zero-order valence-corrected chi connectivity index (χ0v) is 16.6. The summed E-state index contributed by atoms with van der Waals surface area (Å²) in [6.45, 7) is 8.43. The molecule has 5 rings (SSSR count). The monoisotopic (exact) mass is 370 g/mol. The second-order valence-electron chi connectivity index (χ2n) is 7.74. The lowest BCUT2D eigenvalue weighted by Gasteiger charge is -2.39. The molecule has 1 spiro atoms. The van der Waals surface area contributed by atoms with Crippen LogP contribution in [0.15, 0.2) is 48.5 Å². The molecule has 3 heteroatoms. The van der Waals surface area contributed by atoms with Crippen molar-refractivity contribution >= 4 is 5.97 Å². The maximum atomic E-state index is 12.9. The van der Waals surface area contributed by atoms with Crippen molar-refractivity contribution in [2.24, 2.45) is 0 Å². The number of aryl methyl sites for hydroxylation is 2. The predicted octanol–water partition coefficient (Wildman–Crippen LogP) is 5.74. The molecule has 140 valence electrons. The first-order valence-corrected chi connectivity index (χ1v) is 9.72. The highest BCUT2D eigenvalue weighted by molar-refractivity contribution is 5.97. The van der Waals surface area contributed by atoms with Crippen molar-refractivity contribution in [3.8, 4) is 11.5 Å². The summed E-state index contributed by atoms with van der Waals surface area (Å²) in [5.41, 5.74) is 7.12. The van der Waals surface area contributed by atoms with E-state index in [1.54, 1.807) is 0 Å². The predicted molar refractivity (Wildman–Crippen MR) is 108 cm³/mol. The van der Waals surface area contributed by atoms with E-state index in [4.69, 9.17) is 9.47 Å². The molecule has 0 aromatic heterocycles. The molecule has 0 saturated heterocycles. The second kappa shape index (κ2) is 5.71. The van der Waals surface area contributed by atoms with E-state index in [0.717, 1.165) is 40.2 Å². The summed E-state index contributed by atoms with van der Waals surface area (Å²) in [7, 11) is 0. The molecule has 2 heterocycles. The Kier molecular flexibility index (Phi) is 3.48. The molecule has 0 saturated carbocycles. The van der Waals surface area contributed by atoms with Gasteiger partial charge in [0, 0.05) is 11.1 Å². The van der Waals surface area contributed by atoms with Gasteiger partial charge in [-0.05, 0) is 68.1 Å². The minimum absolute atomic E-state index is 0.281. The van der Waals surface area contributed by atoms with Gasteiger partial charge in [-0.2, -0.15) is 0 Å². The van der Waals surface area contributed by atoms with Crippen molar-refractivity contribution in [2.75, 3.05) is 0 Å². The van der Waals surface area contributed by atoms with Crippen LogP contribution < -0.4 is 4.74 Å². The first kappa shape index (κ1) is 17.1. The van der Waals surface area contributed by atoms with Gasteiger partial charge in [-0.15, -0.1) is 0 Å². The number of esters is 1. The second-order valence-corrected chi connectivity index (χ2v) is 7.74. The van der Waals surface area contributed by atoms with Crippen molar-refractivity contribution in [1.82, 2.24) is 0 Å². The normalized spacial score (nSPS) is 18.9. The summed E-state index contributed by atoms with van der Waals surface area (Å²) in [6, 6.07) is 15.9. The van der Waals surface area contributed by atoms with E-state index in [9.17, 15) is 4.79 Å². The number of benzene rings is 3. The van der Waals surface area contributed by atoms with Gasteiger partial charge in [0.05, 0.1) is 11.1 Å². The molecule has 2 aliphatic heterocycles. The van der Waals surface area contributed by atoms with Gasteiger partial charge in [0.15, 0.2) is 5.60 Å². The Morgan fingerprint density at radius 3 is 2.50 bits per heavy atom. The minimum atomic E-state index is -0.966. The number of fused-ring (bicyclic) bond motifs is 6. The molecule has 1 atom stereocenters. The molecule has 0 amide bonds. The van der Waals surface area contributed by atoms with Crippen molar-refractivity contribution < 1.29 is 14.3 Å². The summed E-state index contributed by atoms with van der Waals surface area (Å²) < 4.78 is 12.6. The van der Waals surface area contributed by atoms with Crippen LogP contribution in [0.3, 0.4) is 0 Å². The number of carbonyl (C=O) groups is 1. The van der Waals surface area contributed by atoms with Crippen LogP contribution >= 0.6 is 0 Å². The number of ether oxygens (including phenoxy) is 2. The SMILES string of the molecule is CCc1c(C)c(C)cc2c1C1(OC(=O)c3ccccc31)c1cc(C)ccc1O2. The molecule has 0 bridgehead atoms. The molecular weight excluding hydrogens is 348 g/mol. The van der Waals surface area contributed by atoms with Gasteiger partial charge in [0.25, 0.3) is 0 Å². The zero-order valence-electron chi connectivity index (χ0n) is 16.6. The molecule has 0 radical (unpaired) electrons. The van der Waals surface area contributed by atoms with Gasteiger partial charge in [-0.1, -0.05) is 36.8 Å². The van der Waals surface area contributed by atoms with Crippen LogP contribution in [0.5, 0.6) is 11.5 Å². The highest BCUT2D eigenvalue weighted by atomic mass is 16.6. The van der Waals surface area contributed by atoms with Crippen LogP contribution in [0.2, 0.25) is 0 Å². The van der Waals surface area contributed by atoms with E-state index >= 15 is 0 Å². The maximum absolute atomic E-state index is 12.9. The lowest BCUT2D eigenvalue weighted by atomic mass is 9.74. The summed E-state index contributed by atoms with van der Waals surface area (Å²) in [5, 5.41) is 0. The highest BCUT2D eigenvalue weighted by Gasteiger charge is 2.54. The van der Waals surface area contributed by atoms with Gasteiger partial charge in [-0.3, -0.25) is 0 Å². The molecule has 2 aliphatic rings. The Labute approximate surface area is 164 Å². The van der Waals surface area contributed by atoms with E-state index in [-0.39, 0.29) is 5.97 Å². The Hall–Kier alpha value is -3.07. The van der Waals surface area contributed by atoms with E-state index in [1.165, 1.54) is 16.7 Å². The van der Waals surface area contributed by atoms with Crippen LogP contribution in [-0.4, -0.2) is 5.97 Å². The van der Waals surface area contributed by atoms with Crippen LogP contribution in [0.1, 0.15) is 56.2 Å². The third-order valence-electron chi connectivity index (χ3n) is 6.15. The van der Waals surface area contributed by atoms with E-state index < -0.39 is 5.60 Å². The van der Waals surface area contributed by atoms with Gasteiger partial charge < -0.3 is 9.47 Å². The largest absolute Gasteiger partial charge is 0.456 e. The smallest absolute Gasteiger partial charge is 0.340 e. The lowest BCUT2D eigenvalue weighted by molar-refractivity contribution is 0.0221. The summed E-state index contributed by atoms with van der Waals surface area (Å²) in [4.78, 5) is 12.9. The molecule has 3 nitrogen and oxygen atoms in total. The summed E-state index contributed by atoms with van der Waals surface area (Å²) in [6.07, 6.45) is 0.835. The van der Waals surface area contributed by atoms with E-state index in [2.05, 4.69) is 32.9 Å². The fraction of sp³-hybridized carbons (Fsp3) is 0.240. The Morgan fingerprint density at radius 1 is 0.929 bits per heavy atom. The van der Waals surface area contributed by atoms with Crippen LogP contribution in [-0.2, 0) is 16.8 Å². The topological polar surface area (TPSA) is 35.5 Å². The number of rotatable bonds is 1. The molecular formula is C25H22O3. The van der Waals surface area contributed by atoms with Crippen molar-refractivity contribution in [2.45, 2.75) is 39.7 Å². The number of carbonyl (C=O) groups excluding carboxylic acids is 1. The number of hydrogen-bond donors (Lipinski definition) is 0. The van der Waals surface area contributed by atoms with Gasteiger partial charge in [0.1, 0.15) is 11.5 Å². The average Bonchev–Trinajstić information content (AvgIpc) is 2.98. The summed E-state index contributed by atoms with van der Waals surface area (Å²) in [5.74, 6) is 1.24. The third kappa shape index (κ3) is 2.02. The summed E-state index contributed by atoms with van der Waals surface area (Å²) >= 11 is 0. The van der Waals surface area contributed by atoms with Gasteiger partial charge >= 0.3 is 5.97 Å². The Morgan fingerprint density at radius 2 is 1.71 bits per heavy atom. The van der Waals surface area contributed by atoms with Gasteiger partial charge in [-0.25, -0.2) is 4.79 Å². The van der Waals surface area contributed by atoms with E-state index in [0.29, 0.717) is 5.56 Å². The van der Waals surface area contributed by atoms with E-state index in [1.807, 2.05) is 43.3 Å². The average molecular weight is 370 g/mol. The molecule has 0 N–H and O–H groups in total. The lowest BCUT2D eigenvalue weighted by Crippen LogP contribution is -2.34. The third-order valence-corrected chi connectivity index (χ3v) is 6.15. The Bertz CT molecular complexity index is 1160. The molecule has 0 fully saturated rings. The molecule has 3 aromatic rings. The number of hydrogen-bond acceptors (Lipinski definition) is 3. The molecule has 28 heavy (non-hydrogen) atoms. The quantitative estimate of drug-likeness (QED) is 0.512. The minimum Gasteiger partial charge on any atom is -0.456 e. The van der Waals surface area contributed by atoms with Gasteiger partial charge in [0.2, 0.25) is 0 Å². The van der Waals surface area contributed by atoms with Crippen molar-refractivity contribution in [3.05, 3.63) is 93.0 Å². The fourth-order valence-corrected chi connectivity index (χ4v) is 4.72. The first-order chi connectivity index (χ1) is 13.5. The Balaban J connectivity index is 1.98. The van der Waals surface area contributed by atoms with Crippen LogP contribution in [0, 0.1) is 20.8 Å². The fourth-order valence-electron chi connectivity index (χ4n) is 4.72. The molecule has 0 aliphatic carbocycles. The standard InChI is InChI=1S/C25H22O3/c1-5-17-16(4)15(3)13-22-23(17)25(20-12-14(2)10-11-21(20)27-22)19-9-7-6-8-18(19)24(26)28-25/h6-13H,5H2,1-4H3. The molecule has 1 unspecified atom stereocenters. The molecule has 3 aromatic carbocycles. The maximum Gasteiger partial charge on any atom is 0.340 e. The highest BCUT2D eigenvalue weighted by Crippen LogP contribution is 2.57. The van der Waals surface area contributed by atoms with Crippen molar-refractivity contribution in [1.29, 1.82) is 0 Å². The first-order valence-electron chi connectivity index (χ1n) is 9.72. The van der Waals surface area contributed by atoms with Crippen LogP contribution in [0.25, 0.3) is 0 Å². The van der Waals surface area contributed by atoms with Crippen molar-refractivity contribution in [3.63, 3.8) is 0 Å².